The predicted molar refractivity (Wildman–Crippen MR) is 180 cm³/mol. The van der Waals surface area contributed by atoms with Gasteiger partial charge in [0.25, 0.3) is 0 Å². The van der Waals surface area contributed by atoms with Crippen LogP contribution < -0.4 is 5.32 Å². The summed E-state index contributed by atoms with van der Waals surface area (Å²) in [5.74, 6) is -2.38. The van der Waals surface area contributed by atoms with Crippen LogP contribution >= 0.6 is 7.82 Å². The average Bonchev–Trinajstić information content (AvgIpc) is 3.02. The summed E-state index contributed by atoms with van der Waals surface area (Å²) in [5.41, 5.74) is 0. The Hall–Kier alpha value is -1.78. The maximum Gasteiger partial charge on any atom is 0.472 e. The summed E-state index contributed by atoms with van der Waals surface area (Å²) in [6.45, 7) is 2.50. The van der Waals surface area contributed by atoms with Crippen LogP contribution in [-0.4, -0.2) is 64.9 Å². The molecule has 3 atom stereocenters. The lowest BCUT2D eigenvalue weighted by atomic mass is 10.1. The van der Waals surface area contributed by atoms with Gasteiger partial charge in [0.05, 0.1) is 13.2 Å². The predicted octanol–water partition coefficient (Wildman–Crippen LogP) is 7.77. The third-order valence-electron chi connectivity index (χ3n) is 7.55. The maximum absolute atomic E-state index is 12.2. The van der Waals surface area contributed by atoms with Crippen LogP contribution in [0.3, 0.4) is 0 Å². The summed E-state index contributed by atoms with van der Waals surface area (Å²) >= 11 is 0. The topological polar surface area (TPSA) is 169 Å². The number of carboxylic acid groups (broad SMARTS) is 1. The fraction of sp³-hybridized carbons (Fsp3) is 0.853. The quantitative estimate of drug-likeness (QED) is 0.0233. The van der Waals surface area contributed by atoms with Gasteiger partial charge in [-0.05, 0) is 38.5 Å². The number of rotatable bonds is 33. The molecule has 1 amide bonds. The van der Waals surface area contributed by atoms with Crippen molar-refractivity contribution in [2.45, 2.75) is 167 Å². The number of unbranched alkanes of at least 4 members (excludes halogenated alkanes) is 17. The number of allylic oxidation sites excluding steroid dienone is 2. The minimum absolute atomic E-state index is 0.148. The second-order valence-corrected chi connectivity index (χ2v) is 13.5. The molecular weight excluding hydrogens is 613 g/mol. The normalized spacial score (nSPS) is 14.2. The van der Waals surface area contributed by atoms with E-state index in [1.165, 1.54) is 57.8 Å². The van der Waals surface area contributed by atoms with E-state index >= 15 is 0 Å². The zero-order valence-corrected chi connectivity index (χ0v) is 29.5. The smallest absolute Gasteiger partial charge is 0.472 e. The lowest BCUT2D eigenvalue weighted by Crippen LogP contribution is -2.43. The van der Waals surface area contributed by atoms with E-state index in [9.17, 15) is 34.1 Å². The fourth-order valence-electron chi connectivity index (χ4n) is 4.72. The second kappa shape index (κ2) is 30.5. The highest BCUT2D eigenvalue weighted by molar-refractivity contribution is 7.47. The first-order valence-electron chi connectivity index (χ1n) is 17.7. The molecule has 0 aliphatic rings. The molecule has 0 rings (SSSR count). The molecule has 0 aliphatic heterocycles. The molecule has 0 aromatic rings. The molecule has 0 aromatic heterocycles. The van der Waals surface area contributed by atoms with E-state index in [2.05, 4.69) is 31.3 Å². The first-order chi connectivity index (χ1) is 22.1. The first kappa shape index (κ1) is 44.2. The molecule has 11 nitrogen and oxygen atoms in total. The van der Waals surface area contributed by atoms with E-state index in [1.54, 1.807) is 0 Å². The summed E-state index contributed by atoms with van der Waals surface area (Å²) in [4.78, 5) is 45.5. The Morgan fingerprint density at radius 3 is 1.70 bits per heavy atom. The van der Waals surface area contributed by atoms with Crippen LogP contribution in [0.25, 0.3) is 0 Å². The number of hydrogen-bond acceptors (Lipinski definition) is 8. The number of aliphatic carboxylic acids is 1. The zero-order valence-electron chi connectivity index (χ0n) is 28.6. The highest BCUT2D eigenvalue weighted by Gasteiger charge is 2.28. The molecule has 270 valence electrons. The SMILES string of the molecule is CCCCC/C=C\CCCCCCCC(=O)OCC(O)COP(=O)(O)OCC(NC(=O)CCCCCCCCCCCC)C(=O)O. The Morgan fingerprint density at radius 1 is 0.674 bits per heavy atom. The highest BCUT2D eigenvalue weighted by Crippen LogP contribution is 2.43. The van der Waals surface area contributed by atoms with Crippen molar-refractivity contribution in [1.82, 2.24) is 5.32 Å². The fourth-order valence-corrected chi connectivity index (χ4v) is 5.49. The van der Waals surface area contributed by atoms with Crippen molar-refractivity contribution >= 4 is 25.7 Å². The summed E-state index contributed by atoms with van der Waals surface area (Å²) < 4.78 is 26.6. The van der Waals surface area contributed by atoms with Crippen molar-refractivity contribution in [1.29, 1.82) is 0 Å². The Labute approximate surface area is 277 Å². The highest BCUT2D eigenvalue weighted by atomic mass is 31.2. The van der Waals surface area contributed by atoms with Crippen molar-refractivity contribution in [2.75, 3.05) is 19.8 Å². The van der Waals surface area contributed by atoms with Gasteiger partial charge in [-0.15, -0.1) is 0 Å². The number of phosphoric ester groups is 1. The van der Waals surface area contributed by atoms with Gasteiger partial charge in [-0.25, -0.2) is 9.36 Å². The molecule has 4 N–H and O–H groups in total. The van der Waals surface area contributed by atoms with Gasteiger partial charge in [-0.1, -0.05) is 116 Å². The van der Waals surface area contributed by atoms with Crippen LogP contribution in [0.2, 0.25) is 0 Å². The van der Waals surface area contributed by atoms with Gasteiger partial charge in [0.15, 0.2) is 6.04 Å². The lowest BCUT2D eigenvalue weighted by Gasteiger charge is -2.18. The van der Waals surface area contributed by atoms with Crippen LogP contribution in [-0.2, 0) is 32.7 Å². The number of nitrogens with one attached hydrogen (secondary N) is 1. The number of carboxylic acids is 1. The third-order valence-corrected chi connectivity index (χ3v) is 8.51. The van der Waals surface area contributed by atoms with Gasteiger partial charge < -0.3 is 25.2 Å². The molecule has 0 saturated heterocycles. The number of carbonyl (C=O) groups is 3. The molecule has 0 saturated carbocycles. The van der Waals surface area contributed by atoms with Gasteiger partial charge in [0, 0.05) is 12.8 Å². The Bertz CT molecular complexity index is 854. The Kier molecular flexibility index (Phi) is 29.4. The lowest BCUT2D eigenvalue weighted by molar-refractivity contribution is -0.147. The van der Waals surface area contributed by atoms with E-state index < -0.39 is 57.6 Å². The summed E-state index contributed by atoms with van der Waals surface area (Å²) in [7, 11) is -4.74. The second-order valence-electron chi connectivity index (χ2n) is 12.1. The number of aliphatic hydroxyl groups is 1. The molecule has 0 fully saturated rings. The molecule has 0 radical (unpaired) electrons. The van der Waals surface area contributed by atoms with Crippen molar-refractivity contribution in [3.05, 3.63) is 12.2 Å². The molecule has 0 bridgehead atoms. The first-order valence-corrected chi connectivity index (χ1v) is 19.2. The number of hydrogen-bond donors (Lipinski definition) is 4. The number of phosphoric acid groups is 1. The van der Waals surface area contributed by atoms with Crippen LogP contribution in [0.1, 0.15) is 155 Å². The van der Waals surface area contributed by atoms with Crippen LogP contribution in [0.4, 0.5) is 0 Å². The maximum atomic E-state index is 12.2. The van der Waals surface area contributed by atoms with Gasteiger partial charge in [0.2, 0.25) is 5.91 Å². The molecule has 3 unspecified atom stereocenters. The van der Waals surface area contributed by atoms with E-state index in [4.69, 9.17) is 13.8 Å². The molecular formula is C34H64NO10P. The summed E-state index contributed by atoms with van der Waals surface area (Å²) in [5, 5.41) is 21.6. The minimum Gasteiger partial charge on any atom is -0.480 e. The molecule has 12 heteroatoms. The van der Waals surface area contributed by atoms with E-state index in [1.807, 2.05) is 0 Å². The minimum atomic E-state index is -4.74. The zero-order chi connectivity index (χ0) is 34.3. The molecule has 0 spiro atoms. The standard InChI is InChI=1S/C34H64NO10P/c1-3-5-7-9-11-13-15-16-18-20-22-24-26-33(38)43-27-30(36)28-44-46(41,42)45-29-31(34(39)40)35-32(37)25-23-21-19-17-14-12-10-8-6-4-2/h11,13,30-31,36H,3-10,12,14-29H2,1-2H3,(H,35,37)(H,39,40)(H,41,42)/b13-11-. The van der Waals surface area contributed by atoms with Crippen molar-refractivity contribution in [3.63, 3.8) is 0 Å². The van der Waals surface area contributed by atoms with E-state index in [-0.39, 0.29) is 12.8 Å². The Balaban J connectivity index is 4.00. The molecule has 0 aromatic carbocycles. The van der Waals surface area contributed by atoms with E-state index in [0.717, 1.165) is 57.8 Å². The van der Waals surface area contributed by atoms with E-state index in [0.29, 0.717) is 12.8 Å². The van der Waals surface area contributed by atoms with Crippen molar-refractivity contribution in [3.8, 4) is 0 Å². The number of amides is 1. The van der Waals surface area contributed by atoms with Gasteiger partial charge in [0.1, 0.15) is 12.7 Å². The average molecular weight is 678 g/mol. The molecule has 46 heavy (non-hydrogen) atoms. The van der Waals surface area contributed by atoms with Gasteiger partial charge in [-0.2, -0.15) is 0 Å². The number of ether oxygens (including phenoxy) is 1. The van der Waals surface area contributed by atoms with Crippen molar-refractivity contribution < 1.29 is 47.8 Å². The number of aliphatic hydroxyl groups excluding tert-OH is 1. The van der Waals surface area contributed by atoms with Crippen LogP contribution in [0, 0.1) is 0 Å². The van der Waals surface area contributed by atoms with Gasteiger partial charge in [-0.3, -0.25) is 18.6 Å². The number of carbonyl (C=O) groups excluding carboxylic acids is 2. The third kappa shape index (κ3) is 29.6. The Morgan fingerprint density at radius 2 is 1.13 bits per heavy atom. The largest absolute Gasteiger partial charge is 0.480 e. The van der Waals surface area contributed by atoms with Crippen LogP contribution in [0.15, 0.2) is 12.2 Å². The number of esters is 1. The van der Waals surface area contributed by atoms with Gasteiger partial charge >= 0.3 is 19.8 Å². The monoisotopic (exact) mass is 677 g/mol. The van der Waals surface area contributed by atoms with Crippen molar-refractivity contribution in [2.24, 2.45) is 0 Å². The summed E-state index contributed by atoms with van der Waals surface area (Å²) in [6, 6.07) is -1.54. The summed E-state index contributed by atoms with van der Waals surface area (Å²) in [6.07, 6.45) is 25.4. The van der Waals surface area contributed by atoms with Crippen LogP contribution in [0.5, 0.6) is 0 Å². The molecule has 0 aliphatic carbocycles. The molecule has 0 heterocycles.